The quantitative estimate of drug-likeness (QED) is 0.698. The van der Waals surface area contributed by atoms with E-state index in [-0.39, 0.29) is 12.1 Å². The van der Waals surface area contributed by atoms with Crippen molar-refractivity contribution in [2.75, 3.05) is 19.4 Å². The van der Waals surface area contributed by atoms with E-state index in [0.717, 1.165) is 18.1 Å². The molecule has 2 nitrogen and oxygen atoms in total. The Morgan fingerprint density at radius 3 is 2.83 bits per heavy atom. The van der Waals surface area contributed by atoms with E-state index in [1.165, 1.54) is 12.2 Å². The van der Waals surface area contributed by atoms with E-state index < -0.39 is 0 Å². The normalized spacial score (nSPS) is 35.8. The fraction of sp³-hybridized carbons (Fsp3) is 1.00. The SMILES string of the molecule is CCSC1CCC(CO)(NC)C1. The van der Waals surface area contributed by atoms with Gasteiger partial charge >= 0.3 is 0 Å². The van der Waals surface area contributed by atoms with Crippen LogP contribution in [-0.4, -0.2) is 35.3 Å². The van der Waals surface area contributed by atoms with Gasteiger partial charge in [0.2, 0.25) is 0 Å². The summed E-state index contributed by atoms with van der Waals surface area (Å²) in [4.78, 5) is 0. The molecule has 0 aromatic rings. The maximum atomic E-state index is 9.23. The average molecular weight is 189 g/mol. The van der Waals surface area contributed by atoms with Crippen LogP contribution >= 0.6 is 11.8 Å². The molecule has 72 valence electrons. The van der Waals surface area contributed by atoms with Crippen LogP contribution in [0.5, 0.6) is 0 Å². The van der Waals surface area contributed by atoms with Crippen LogP contribution in [0.3, 0.4) is 0 Å². The molecule has 3 heteroatoms. The van der Waals surface area contributed by atoms with Crippen molar-refractivity contribution in [3.63, 3.8) is 0 Å². The van der Waals surface area contributed by atoms with Gasteiger partial charge in [0.15, 0.2) is 0 Å². The molecule has 0 radical (unpaired) electrons. The minimum absolute atomic E-state index is 0.0346. The van der Waals surface area contributed by atoms with Crippen LogP contribution in [0.25, 0.3) is 0 Å². The lowest BCUT2D eigenvalue weighted by Gasteiger charge is -2.26. The fourth-order valence-electron chi connectivity index (χ4n) is 1.90. The molecular weight excluding hydrogens is 170 g/mol. The van der Waals surface area contributed by atoms with Gasteiger partial charge < -0.3 is 10.4 Å². The lowest BCUT2D eigenvalue weighted by molar-refractivity contribution is 0.173. The molecule has 12 heavy (non-hydrogen) atoms. The topological polar surface area (TPSA) is 32.3 Å². The van der Waals surface area contributed by atoms with Crippen molar-refractivity contribution >= 4 is 11.8 Å². The first-order chi connectivity index (χ1) is 5.76. The van der Waals surface area contributed by atoms with Gasteiger partial charge in [-0.15, -0.1) is 0 Å². The summed E-state index contributed by atoms with van der Waals surface area (Å²) in [5, 5.41) is 13.2. The number of rotatable bonds is 4. The predicted molar refractivity (Wildman–Crippen MR) is 54.6 cm³/mol. The standard InChI is InChI=1S/C9H19NOS/c1-3-12-8-4-5-9(6-8,7-11)10-2/h8,10-11H,3-7H2,1-2H3. The summed E-state index contributed by atoms with van der Waals surface area (Å²) in [5.74, 6) is 1.19. The van der Waals surface area contributed by atoms with Crippen LogP contribution in [0, 0.1) is 0 Å². The summed E-state index contributed by atoms with van der Waals surface area (Å²) in [6, 6.07) is 0. The molecule has 1 saturated carbocycles. The zero-order valence-electron chi connectivity index (χ0n) is 7.97. The molecule has 0 aliphatic heterocycles. The van der Waals surface area contributed by atoms with Gasteiger partial charge in [0.25, 0.3) is 0 Å². The Kier molecular flexibility index (Phi) is 3.87. The Morgan fingerprint density at radius 2 is 2.42 bits per heavy atom. The number of aliphatic hydroxyl groups is 1. The number of hydrogen-bond donors (Lipinski definition) is 2. The van der Waals surface area contributed by atoms with E-state index >= 15 is 0 Å². The van der Waals surface area contributed by atoms with Gasteiger partial charge in [-0.05, 0) is 32.1 Å². The van der Waals surface area contributed by atoms with E-state index in [2.05, 4.69) is 12.2 Å². The van der Waals surface area contributed by atoms with Crippen molar-refractivity contribution in [1.29, 1.82) is 0 Å². The molecule has 0 aromatic carbocycles. The molecule has 0 heterocycles. The van der Waals surface area contributed by atoms with Crippen molar-refractivity contribution in [1.82, 2.24) is 5.32 Å². The van der Waals surface area contributed by atoms with E-state index in [1.54, 1.807) is 0 Å². The van der Waals surface area contributed by atoms with Gasteiger partial charge in [-0.3, -0.25) is 0 Å². The molecule has 1 aliphatic carbocycles. The third-order valence-corrected chi connectivity index (χ3v) is 4.01. The number of likely N-dealkylation sites (N-methyl/N-ethyl adjacent to an activating group) is 1. The van der Waals surface area contributed by atoms with Gasteiger partial charge in [0.1, 0.15) is 0 Å². The molecule has 2 atom stereocenters. The van der Waals surface area contributed by atoms with E-state index in [0.29, 0.717) is 0 Å². The highest BCUT2D eigenvalue weighted by Gasteiger charge is 2.36. The smallest absolute Gasteiger partial charge is 0.0613 e. The van der Waals surface area contributed by atoms with Crippen molar-refractivity contribution in [3.05, 3.63) is 0 Å². The summed E-state index contributed by atoms with van der Waals surface area (Å²) in [5.41, 5.74) is 0.0346. The van der Waals surface area contributed by atoms with Gasteiger partial charge in [-0.1, -0.05) is 6.92 Å². The molecule has 0 aromatic heterocycles. The summed E-state index contributed by atoms with van der Waals surface area (Å²) in [7, 11) is 1.95. The van der Waals surface area contributed by atoms with E-state index in [1.807, 2.05) is 18.8 Å². The van der Waals surface area contributed by atoms with Crippen LogP contribution in [0.2, 0.25) is 0 Å². The lowest BCUT2D eigenvalue weighted by Crippen LogP contribution is -2.44. The first-order valence-electron chi connectivity index (χ1n) is 4.67. The maximum absolute atomic E-state index is 9.23. The van der Waals surface area contributed by atoms with Gasteiger partial charge in [-0.2, -0.15) is 11.8 Å². The van der Waals surface area contributed by atoms with Crippen LogP contribution < -0.4 is 5.32 Å². The van der Waals surface area contributed by atoms with E-state index in [4.69, 9.17) is 0 Å². The Hall–Kier alpha value is 0.270. The number of nitrogens with one attached hydrogen (secondary N) is 1. The molecule has 1 rings (SSSR count). The van der Waals surface area contributed by atoms with Gasteiger partial charge in [0.05, 0.1) is 6.61 Å². The number of hydrogen-bond acceptors (Lipinski definition) is 3. The monoisotopic (exact) mass is 189 g/mol. The zero-order valence-corrected chi connectivity index (χ0v) is 8.78. The highest BCUT2D eigenvalue weighted by molar-refractivity contribution is 7.99. The summed E-state index contributed by atoms with van der Waals surface area (Å²) < 4.78 is 0. The predicted octanol–water partition coefficient (Wildman–Crippen LogP) is 1.24. The number of aliphatic hydroxyl groups excluding tert-OH is 1. The fourth-order valence-corrected chi connectivity index (χ4v) is 3.10. The lowest BCUT2D eigenvalue weighted by atomic mass is 10.00. The largest absolute Gasteiger partial charge is 0.394 e. The second-order valence-electron chi connectivity index (χ2n) is 3.51. The molecule has 0 spiro atoms. The highest BCUT2D eigenvalue weighted by Crippen LogP contribution is 2.36. The third kappa shape index (κ3) is 2.15. The Morgan fingerprint density at radius 1 is 1.67 bits per heavy atom. The first kappa shape index (κ1) is 10.4. The molecule has 0 saturated heterocycles. The Balaban J connectivity index is 2.41. The molecular formula is C9H19NOS. The van der Waals surface area contributed by atoms with Crippen LogP contribution in [-0.2, 0) is 0 Å². The molecule has 0 amide bonds. The molecule has 1 fully saturated rings. The Labute approximate surface area is 79.1 Å². The molecule has 0 bridgehead atoms. The van der Waals surface area contributed by atoms with Crippen molar-refractivity contribution < 1.29 is 5.11 Å². The molecule has 2 unspecified atom stereocenters. The third-order valence-electron chi connectivity index (χ3n) is 2.80. The average Bonchev–Trinajstić information content (AvgIpc) is 2.50. The molecule has 2 N–H and O–H groups in total. The summed E-state index contributed by atoms with van der Waals surface area (Å²) in [6.45, 7) is 2.48. The first-order valence-corrected chi connectivity index (χ1v) is 5.72. The maximum Gasteiger partial charge on any atom is 0.0613 e. The highest BCUT2D eigenvalue weighted by atomic mass is 32.2. The summed E-state index contributed by atoms with van der Waals surface area (Å²) in [6.07, 6.45) is 3.50. The van der Waals surface area contributed by atoms with Crippen LogP contribution in [0.15, 0.2) is 0 Å². The second-order valence-corrected chi connectivity index (χ2v) is 5.09. The van der Waals surface area contributed by atoms with Crippen molar-refractivity contribution in [3.8, 4) is 0 Å². The van der Waals surface area contributed by atoms with E-state index in [9.17, 15) is 5.11 Å². The van der Waals surface area contributed by atoms with Gasteiger partial charge in [-0.25, -0.2) is 0 Å². The second kappa shape index (κ2) is 4.49. The van der Waals surface area contributed by atoms with Gasteiger partial charge in [0, 0.05) is 10.8 Å². The van der Waals surface area contributed by atoms with Crippen LogP contribution in [0.4, 0.5) is 0 Å². The minimum atomic E-state index is 0.0346. The zero-order chi connectivity index (χ0) is 9.03. The summed E-state index contributed by atoms with van der Waals surface area (Å²) >= 11 is 2.02. The molecule has 1 aliphatic rings. The Bertz CT molecular complexity index is 136. The minimum Gasteiger partial charge on any atom is -0.394 e. The van der Waals surface area contributed by atoms with Crippen molar-refractivity contribution in [2.24, 2.45) is 0 Å². The van der Waals surface area contributed by atoms with Crippen molar-refractivity contribution in [2.45, 2.75) is 37.0 Å². The number of thioether (sulfide) groups is 1. The van der Waals surface area contributed by atoms with Crippen LogP contribution in [0.1, 0.15) is 26.2 Å².